The predicted molar refractivity (Wildman–Crippen MR) is 58.1 cm³/mol. The fraction of sp³-hybridized carbons (Fsp3) is 0.909. The van der Waals surface area contributed by atoms with Crippen molar-refractivity contribution in [3.8, 4) is 0 Å². The lowest BCUT2D eigenvalue weighted by Gasteiger charge is -2.27. The third-order valence-corrected chi connectivity index (χ3v) is 3.12. The van der Waals surface area contributed by atoms with Crippen molar-refractivity contribution in [1.29, 1.82) is 0 Å². The summed E-state index contributed by atoms with van der Waals surface area (Å²) in [5, 5.41) is 2.77. The van der Waals surface area contributed by atoms with Gasteiger partial charge in [0.05, 0.1) is 0 Å². The van der Waals surface area contributed by atoms with Gasteiger partial charge in [-0.2, -0.15) is 0 Å². The molecule has 1 rings (SSSR count). The molecule has 1 aliphatic carbocycles. The third kappa shape index (κ3) is 4.04. The highest BCUT2D eigenvalue weighted by Crippen LogP contribution is 2.36. The van der Waals surface area contributed by atoms with E-state index in [2.05, 4.69) is 5.32 Å². The van der Waals surface area contributed by atoms with Crippen LogP contribution >= 0.6 is 0 Å². The number of nitrogens with one attached hydrogen (secondary N) is 1. The van der Waals surface area contributed by atoms with Crippen LogP contribution in [0, 0.1) is 11.8 Å². The molecule has 0 aromatic heterocycles. The van der Waals surface area contributed by atoms with Crippen molar-refractivity contribution in [2.24, 2.45) is 17.6 Å². The summed E-state index contributed by atoms with van der Waals surface area (Å²) in [6.07, 6.45) is 0.237. The molecular weight excluding hydrogens is 214 g/mol. The first-order chi connectivity index (χ1) is 7.44. The highest BCUT2D eigenvalue weighted by molar-refractivity contribution is 5.78. The highest BCUT2D eigenvalue weighted by Gasteiger charge is 2.37. The lowest BCUT2D eigenvalue weighted by atomic mass is 9.86. The second-order valence-electron chi connectivity index (χ2n) is 4.72. The fourth-order valence-electron chi connectivity index (χ4n) is 1.80. The average Bonchev–Trinajstić information content (AvgIpc) is 2.25. The lowest BCUT2D eigenvalue weighted by Crippen LogP contribution is -2.38. The number of carbonyl (C=O) groups excluding carboxylic acids is 1. The summed E-state index contributed by atoms with van der Waals surface area (Å²) in [5.41, 5.74) is 5.42. The van der Waals surface area contributed by atoms with Crippen molar-refractivity contribution in [1.82, 2.24) is 5.32 Å². The molecule has 1 amide bonds. The molecule has 1 atom stereocenters. The molecule has 0 radical (unpaired) electrons. The van der Waals surface area contributed by atoms with Gasteiger partial charge in [0.25, 0.3) is 0 Å². The second-order valence-corrected chi connectivity index (χ2v) is 4.72. The molecule has 3 N–H and O–H groups in total. The maximum absolute atomic E-state index is 12.9. The summed E-state index contributed by atoms with van der Waals surface area (Å²) in [6, 6.07) is 0. The number of halogens is 2. The van der Waals surface area contributed by atoms with Gasteiger partial charge in [-0.25, -0.2) is 8.78 Å². The van der Waals surface area contributed by atoms with E-state index >= 15 is 0 Å². The van der Waals surface area contributed by atoms with Crippen LogP contribution in [0.4, 0.5) is 8.78 Å². The van der Waals surface area contributed by atoms with Crippen LogP contribution in [0.15, 0.2) is 0 Å². The van der Waals surface area contributed by atoms with Crippen LogP contribution < -0.4 is 11.1 Å². The van der Waals surface area contributed by atoms with Gasteiger partial charge in [0.1, 0.15) is 0 Å². The van der Waals surface area contributed by atoms with E-state index in [9.17, 15) is 13.6 Å². The minimum atomic E-state index is -2.57. The molecule has 0 spiro atoms. The minimum Gasteiger partial charge on any atom is -0.356 e. The molecule has 1 aliphatic rings. The molecule has 0 bridgehead atoms. The summed E-state index contributed by atoms with van der Waals surface area (Å²) in [6.45, 7) is 2.99. The number of rotatable bonds is 4. The smallest absolute Gasteiger partial charge is 0.248 e. The number of hydrogen-bond donors (Lipinski definition) is 2. The van der Waals surface area contributed by atoms with Gasteiger partial charge >= 0.3 is 0 Å². The van der Waals surface area contributed by atoms with E-state index in [-0.39, 0.29) is 43.4 Å². The summed E-state index contributed by atoms with van der Waals surface area (Å²) in [4.78, 5) is 11.6. The molecule has 16 heavy (non-hydrogen) atoms. The Labute approximate surface area is 94.8 Å². The monoisotopic (exact) mass is 234 g/mol. The summed E-state index contributed by atoms with van der Waals surface area (Å²) in [5.74, 6) is -2.68. The maximum Gasteiger partial charge on any atom is 0.248 e. The van der Waals surface area contributed by atoms with Crippen LogP contribution in [0.25, 0.3) is 0 Å². The van der Waals surface area contributed by atoms with Gasteiger partial charge in [0, 0.05) is 25.3 Å². The van der Waals surface area contributed by atoms with E-state index in [0.717, 1.165) is 0 Å². The van der Waals surface area contributed by atoms with Crippen LogP contribution in [0.5, 0.6) is 0 Å². The number of nitrogens with two attached hydrogens (primary N) is 1. The quantitative estimate of drug-likeness (QED) is 0.775. The topological polar surface area (TPSA) is 55.1 Å². The van der Waals surface area contributed by atoms with Gasteiger partial charge in [-0.3, -0.25) is 4.79 Å². The number of hydrogen-bond acceptors (Lipinski definition) is 2. The Morgan fingerprint density at radius 1 is 1.50 bits per heavy atom. The van der Waals surface area contributed by atoms with Gasteiger partial charge in [-0.1, -0.05) is 6.92 Å². The van der Waals surface area contributed by atoms with E-state index < -0.39 is 5.92 Å². The van der Waals surface area contributed by atoms with E-state index in [1.807, 2.05) is 6.92 Å². The van der Waals surface area contributed by atoms with Gasteiger partial charge in [0.2, 0.25) is 11.8 Å². The van der Waals surface area contributed by atoms with Gasteiger partial charge in [-0.05, 0) is 25.3 Å². The standard InChI is InChI=1S/C11H20F2N2O/c1-8(6-14)7-15-10(16)9-2-4-11(12,13)5-3-9/h8-9H,2-7,14H2,1H3,(H,15,16). The van der Waals surface area contributed by atoms with Crippen LogP contribution in [-0.4, -0.2) is 24.9 Å². The van der Waals surface area contributed by atoms with E-state index in [1.54, 1.807) is 0 Å². The number of amides is 1. The SMILES string of the molecule is CC(CN)CNC(=O)C1CCC(F)(F)CC1. The van der Waals surface area contributed by atoms with E-state index in [1.165, 1.54) is 0 Å². The second kappa shape index (κ2) is 5.57. The zero-order valence-corrected chi connectivity index (χ0v) is 9.64. The van der Waals surface area contributed by atoms with Crippen molar-refractivity contribution >= 4 is 5.91 Å². The van der Waals surface area contributed by atoms with Crippen molar-refractivity contribution in [2.75, 3.05) is 13.1 Å². The van der Waals surface area contributed by atoms with E-state index in [0.29, 0.717) is 13.1 Å². The van der Waals surface area contributed by atoms with Crippen molar-refractivity contribution in [3.05, 3.63) is 0 Å². The highest BCUT2D eigenvalue weighted by atomic mass is 19.3. The Morgan fingerprint density at radius 3 is 2.56 bits per heavy atom. The first kappa shape index (κ1) is 13.4. The van der Waals surface area contributed by atoms with Crippen LogP contribution in [0.3, 0.4) is 0 Å². The molecule has 0 heterocycles. The molecule has 0 aromatic carbocycles. The minimum absolute atomic E-state index is 0.101. The average molecular weight is 234 g/mol. The summed E-state index contributed by atoms with van der Waals surface area (Å²) < 4.78 is 25.7. The Morgan fingerprint density at radius 2 is 2.06 bits per heavy atom. The fourth-order valence-corrected chi connectivity index (χ4v) is 1.80. The lowest BCUT2D eigenvalue weighted by molar-refractivity contribution is -0.129. The zero-order valence-electron chi connectivity index (χ0n) is 9.64. The van der Waals surface area contributed by atoms with Crippen molar-refractivity contribution in [2.45, 2.75) is 38.5 Å². The molecule has 1 fully saturated rings. The predicted octanol–water partition coefficient (Wildman–Crippen LogP) is 1.52. The first-order valence-electron chi connectivity index (χ1n) is 5.80. The zero-order chi connectivity index (χ0) is 12.2. The van der Waals surface area contributed by atoms with Gasteiger partial charge in [0.15, 0.2) is 0 Å². The number of alkyl halides is 2. The molecule has 5 heteroatoms. The van der Waals surface area contributed by atoms with Gasteiger partial charge in [-0.15, -0.1) is 0 Å². The summed E-state index contributed by atoms with van der Waals surface area (Å²) in [7, 11) is 0. The Balaban J connectivity index is 2.28. The molecule has 0 saturated heterocycles. The molecule has 3 nitrogen and oxygen atoms in total. The van der Waals surface area contributed by atoms with Crippen LogP contribution in [-0.2, 0) is 4.79 Å². The molecule has 1 unspecified atom stereocenters. The Bertz CT molecular complexity index is 236. The van der Waals surface area contributed by atoms with E-state index in [4.69, 9.17) is 5.73 Å². The first-order valence-corrected chi connectivity index (χ1v) is 5.80. The largest absolute Gasteiger partial charge is 0.356 e. The Kier molecular flexibility index (Phi) is 4.65. The van der Waals surface area contributed by atoms with Crippen molar-refractivity contribution in [3.63, 3.8) is 0 Å². The molecule has 0 aromatic rings. The maximum atomic E-state index is 12.9. The van der Waals surface area contributed by atoms with Crippen LogP contribution in [0.1, 0.15) is 32.6 Å². The molecular formula is C11H20F2N2O. The Hall–Kier alpha value is -0.710. The molecule has 94 valence electrons. The van der Waals surface area contributed by atoms with Gasteiger partial charge < -0.3 is 11.1 Å². The van der Waals surface area contributed by atoms with Crippen LogP contribution in [0.2, 0.25) is 0 Å². The summed E-state index contributed by atoms with van der Waals surface area (Å²) >= 11 is 0. The number of carbonyl (C=O) groups is 1. The molecule has 1 saturated carbocycles. The normalized spacial score (nSPS) is 22.8. The molecule has 0 aliphatic heterocycles. The van der Waals surface area contributed by atoms with Crippen molar-refractivity contribution < 1.29 is 13.6 Å². The third-order valence-electron chi connectivity index (χ3n) is 3.12.